The summed E-state index contributed by atoms with van der Waals surface area (Å²) < 4.78 is 49.0. The molecule has 1 nitrogen and oxygen atoms in total. The Bertz CT molecular complexity index is 1080. The van der Waals surface area contributed by atoms with Crippen LogP contribution in [-0.2, 0) is 6.42 Å². The summed E-state index contributed by atoms with van der Waals surface area (Å²) in [5, 5.41) is 0. The first-order valence-corrected chi connectivity index (χ1v) is 11.9. The van der Waals surface area contributed by atoms with Gasteiger partial charge in [-0.2, -0.15) is 0 Å². The Kier molecular flexibility index (Phi) is 7.42. The number of aryl methyl sites for hydroxylation is 2. The first-order chi connectivity index (χ1) is 16.0. The number of ether oxygens (including phenoxy) is 1. The van der Waals surface area contributed by atoms with E-state index in [1.54, 1.807) is 24.3 Å². The third kappa shape index (κ3) is 5.43. The Labute approximate surface area is 194 Å². The first kappa shape index (κ1) is 23.4. The molecule has 0 saturated heterocycles. The molecule has 33 heavy (non-hydrogen) atoms. The monoisotopic (exact) mass is 452 g/mol. The van der Waals surface area contributed by atoms with E-state index in [0.717, 1.165) is 43.2 Å². The van der Waals surface area contributed by atoms with Gasteiger partial charge in [-0.3, -0.25) is 0 Å². The van der Waals surface area contributed by atoms with E-state index in [2.05, 4.69) is 0 Å². The Morgan fingerprint density at radius 3 is 2.24 bits per heavy atom. The first-order valence-electron chi connectivity index (χ1n) is 11.9. The van der Waals surface area contributed by atoms with Crippen LogP contribution in [0, 0.1) is 30.3 Å². The maximum atomic E-state index is 14.8. The molecule has 0 aliphatic heterocycles. The maximum absolute atomic E-state index is 14.8. The van der Waals surface area contributed by atoms with Crippen molar-refractivity contribution in [3.8, 4) is 16.9 Å². The van der Waals surface area contributed by atoms with Crippen LogP contribution >= 0.6 is 0 Å². The van der Waals surface area contributed by atoms with Crippen LogP contribution in [0.15, 0.2) is 54.6 Å². The molecule has 0 unspecified atom stereocenters. The van der Waals surface area contributed by atoms with Crippen LogP contribution in [0.3, 0.4) is 0 Å². The highest BCUT2D eigenvalue weighted by atomic mass is 19.2. The Morgan fingerprint density at radius 2 is 1.58 bits per heavy atom. The van der Waals surface area contributed by atoms with Crippen molar-refractivity contribution in [2.24, 2.45) is 5.92 Å². The smallest absolute Gasteiger partial charge is 0.166 e. The number of benzene rings is 3. The number of halogens is 3. The van der Waals surface area contributed by atoms with Gasteiger partial charge in [-0.15, -0.1) is 0 Å². The van der Waals surface area contributed by atoms with Gasteiger partial charge in [0, 0.05) is 5.56 Å². The molecule has 0 amide bonds. The van der Waals surface area contributed by atoms with Crippen molar-refractivity contribution in [3.63, 3.8) is 0 Å². The van der Waals surface area contributed by atoms with Crippen molar-refractivity contribution in [2.75, 3.05) is 6.61 Å². The van der Waals surface area contributed by atoms with E-state index < -0.39 is 11.6 Å². The molecule has 0 N–H and O–H groups in total. The molecule has 1 aliphatic carbocycles. The Morgan fingerprint density at radius 1 is 0.848 bits per heavy atom. The van der Waals surface area contributed by atoms with E-state index in [-0.39, 0.29) is 5.82 Å². The number of hydrogen-bond donors (Lipinski definition) is 0. The van der Waals surface area contributed by atoms with Gasteiger partial charge in [0.1, 0.15) is 0 Å². The molecular formula is C29H31F3O. The van der Waals surface area contributed by atoms with Gasteiger partial charge in [-0.1, -0.05) is 48.0 Å². The van der Waals surface area contributed by atoms with Crippen LogP contribution in [0.4, 0.5) is 13.2 Å². The van der Waals surface area contributed by atoms with E-state index in [0.29, 0.717) is 47.3 Å². The lowest BCUT2D eigenvalue weighted by Gasteiger charge is -2.29. The molecule has 1 fully saturated rings. The van der Waals surface area contributed by atoms with Gasteiger partial charge in [0.05, 0.1) is 6.61 Å². The predicted molar refractivity (Wildman–Crippen MR) is 127 cm³/mol. The molecular weight excluding hydrogens is 421 g/mol. The van der Waals surface area contributed by atoms with Crippen LogP contribution in [-0.4, -0.2) is 6.61 Å². The van der Waals surface area contributed by atoms with Crippen molar-refractivity contribution >= 4 is 0 Å². The Hall–Kier alpha value is -2.75. The summed E-state index contributed by atoms with van der Waals surface area (Å²) in [5.74, 6) is -0.674. The van der Waals surface area contributed by atoms with E-state index >= 15 is 0 Å². The summed E-state index contributed by atoms with van der Waals surface area (Å²) in [4.78, 5) is 0. The summed E-state index contributed by atoms with van der Waals surface area (Å²) in [6.07, 6.45) is 5.38. The quantitative estimate of drug-likeness (QED) is 0.350. The molecule has 0 spiro atoms. The lowest BCUT2D eigenvalue weighted by atomic mass is 9.77. The summed E-state index contributed by atoms with van der Waals surface area (Å²) >= 11 is 0. The van der Waals surface area contributed by atoms with Crippen LogP contribution in [0.2, 0.25) is 0 Å². The summed E-state index contributed by atoms with van der Waals surface area (Å²) in [7, 11) is 0. The van der Waals surface area contributed by atoms with Crippen molar-refractivity contribution < 1.29 is 17.9 Å². The molecule has 1 aliphatic rings. The van der Waals surface area contributed by atoms with Crippen LogP contribution < -0.4 is 4.74 Å². The number of hydrogen-bond acceptors (Lipinski definition) is 1. The van der Waals surface area contributed by atoms with Gasteiger partial charge in [0.15, 0.2) is 23.2 Å². The third-order valence-corrected chi connectivity index (χ3v) is 6.92. The molecule has 3 aromatic rings. The fourth-order valence-electron chi connectivity index (χ4n) is 4.93. The lowest BCUT2D eigenvalue weighted by Crippen LogP contribution is -2.14. The molecule has 4 rings (SSSR count). The molecule has 0 bridgehead atoms. The van der Waals surface area contributed by atoms with E-state index in [9.17, 15) is 13.2 Å². The fraction of sp³-hybridized carbons (Fsp3) is 0.379. The fourth-order valence-corrected chi connectivity index (χ4v) is 4.93. The average Bonchev–Trinajstić information content (AvgIpc) is 2.82. The van der Waals surface area contributed by atoms with Crippen LogP contribution in [0.5, 0.6) is 5.75 Å². The second kappa shape index (κ2) is 10.5. The topological polar surface area (TPSA) is 9.23 Å². The highest BCUT2D eigenvalue weighted by Gasteiger charge is 2.24. The molecule has 0 heterocycles. The standard InChI is InChI=1S/C29H31F3O/c1-3-33-27-17-15-24(18-26(27)30)21-11-6-20(7-12-21)8-13-23-14-16-25(29(32)28(23)31)22-9-4-19(2)5-10-22/h4-5,9-10,14-18,20-21H,3,6-8,11-13H2,1-2H3. The largest absolute Gasteiger partial charge is 0.491 e. The van der Waals surface area contributed by atoms with Gasteiger partial charge in [0.2, 0.25) is 0 Å². The van der Waals surface area contributed by atoms with Gasteiger partial charge in [-0.05, 0) is 93.0 Å². The normalized spacial score (nSPS) is 18.3. The van der Waals surface area contributed by atoms with Crippen molar-refractivity contribution in [1.29, 1.82) is 0 Å². The molecule has 1 saturated carbocycles. The second-order valence-electron chi connectivity index (χ2n) is 9.15. The van der Waals surface area contributed by atoms with Crippen LogP contribution in [0.1, 0.15) is 61.6 Å². The minimum Gasteiger partial charge on any atom is -0.491 e. The van der Waals surface area contributed by atoms with E-state index in [4.69, 9.17) is 4.74 Å². The van der Waals surface area contributed by atoms with Gasteiger partial charge < -0.3 is 4.74 Å². The summed E-state index contributed by atoms with van der Waals surface area (Å²) in [6, 6.07) is 16.1. The zero-order chi connectivity index (χ0) is 23.4. The summed E-state index contributed by atoms with van der Waals surface area (Å²) in [6.45, 7) is 4.25. The van der Waals surface area contributed by atoms with Gasteiger partial charge in [-0.25, -0.2) is 13.2 Å². The molecule has 0 atom stereocenters. The van der Waals surface area contributed by atoms with Crippen molar-refractivity contribution in [1.82, 2.24) is 0 Å². The number of rotatable bonds is 7. The highest BCUT2D eigenvalue weighted by Crippen LogP contribution is 2.39. The highest BCUT2D eigenvalue weighted by molar-refractivity contribution is 5.65. The van der Waals surface area contributed by atoms with E-state index in [1.807, 2.05) is 44.2 Å². The van der Waals surface area contributed by atoms with Gasteiger partial charge >= 0.3 is 0 Å². The van der Waals surface area contributed by atoms with Crippen molar-refractivity contribution in [2.45, 2.75) is 58.3 Å². The zero-order valence-electron chi connectivity index (χ0n) is 19.3. The minimum atomic E-state index is -0.766. The SMILES string of the molecule is CCOc1ccc(C2CCC(CCc3ccc(-c4ccc(C)cc4)c(F)c3F)CC2)cc1F. The van der Waals surface area contributed by atoms with Crippen molar-refractivity contribution in [3.05, 3.63) is 88.7 Å². The molecule has 0 aromatic heterocycles. The van der Waals surface area contributed by atoms with Crippen LogP contribution in [0.25, 0.3) is 11.1 Å². The summed E-state index contributed by atoms with van der Waals surface area (Å²) in [5.41, 5.74) is 3.54. The average molecular weight is 453 g/mol. The van der Waals surface area contributed by atoms with Gasteiger partial charge in [0.25, 0.3) is 0 Å². The Balaban J connectivity index is 1.34. The third-order valence-electron chi connectivity index (χ3n) is 6.92. The second-order valence-corrected chi connectivity index (χ2v) is 9.15. The maximum Gasteiger partial charge on any atom is 0.166 e. The zero-order valence-corrected chi connectivity index (χ0v) is 19.3. The molecule has 3 aromatic carbocycles. The molecule has 174 valence electrons. The predicted octanol–water partition coefficient (Wildman–Crippen LogP) is 8.38. The minimum absolute atomic E-state index is 0.303. The molecule has 0 radical (unpaired) electrons. The van der Waals surface area contributed by atoms with E-state index in [1.165, 1.54) is 0 Å². The molecule has 4 heteroatoms. The lowest BCUT2D eigenvalue weighted by molar-refractivity contribution is 0.306.